The summed E-state index contributed by atoms with van der Waals surface area (Å²) >= 11 is 12.9. The van der Waals surface area contributed by atoms with Crippen LogP contribution >= 0.6 is 43.5 Å². The topological polar surface area (TPSA) is 58.6 Å². The number of phenolic OH excluding ortho intramolecular Hbond substituents is 1. The first-order valence-corrected chi connectivity index (χ1v) is 8.46. The number of carbonyl (C=O) groups is 1. The fourth-order valence-corrected chi connectivity index (χ4v) is 3.90. The largest absolute Gasteiger partial charge is 0.503 e. The van der Waals surface area contributed by atoms with Gasteiger partial charge in [-0.25, -0.2) is 0 Å². The van der Waals surface area contributed by atoms with Gasteiger partial charge in [0.15, 0.2) is 11.5 Å². The molecule has 1 aliphatic heterocycles. The van der Waals surface area contributed by atoms with Crippen molar-refractivity contribution in [3.05, 3.63) is 49.4 Å². The van der Waals surface area contributed by atoms with E-state index in [9.17, 15) is 9.90 Å². The van der Waals surface area contributed by atoms with E-state index >= 15 is 0 Å². The lowest BCUT2D eigenvalue weighted by atomic mass is 10.0. The average Bonchev–Trinajstić information content (AvgIpc) is 2.80. The number of carbonyl (C=O) groups excluding carboxylic acids is 1. The Balaban J connectivity index is 2.15. The third-order valence-electron chi connectivity index (χ3n) is 3.41. The van der Waals surface area contributed by atoms with Crippen LogP contribution < -0.4 is 10.1 Å². The van der Waals surface area contributed by atoms with Crippen LogP contribution in [0.3, 0.4) is 0 Å². The third-order valence-corrected chi connectivity index (χ3v) is 4.78. The zero-order chi connectivity index (χ0) is 16.7. The molecule has 0 aliphatic carbocycles. The van der Waals surface area contributed by atoms with Crippen LogP contribution in [0.15, 0.2) is 33.2 Å². The normalized spacial score (nSPS) is 14.8. The van der Waals surface area contributed by atoms with Gasteiger partial charge in [-0.2, -0.15) is 0 Å². The lowest BCUT2D eigenvalue weighted by Crippen LogP contribution is -2.03. The molecule has 1 amide bonds. The molecule has 0 bridgehead atoms. The van der Waals surface area contributed by atoms with E-state index in [1.807, 2.05) is 12.1 Å². The molecule has 7 heteroatoms. The Hall–Kier alpha value is -1.50. The summed E-state index contributed by atoms with van der Waals surface area (Å²) in [5.74, 6) is -0.0848. The fraction of sp³-hybridized carbons (Fsp3) is 0.0625. The van der Waals surface area contributed by atoms with Crippen LogP contribution in [0.25, 0.3) is 11.6 Å². The van der Waals surface area contributed by atoms with Gasteiger partial charge in [0.2, 0.25) is 0 Å². The molecule has 1 heterocycles. The molecule has 0 spiro atoms. The van der Waals surface area contributed by atoms with E-state index in [0.29, 0.717) is 11.1 Å². The van der Waals surface area contributed by atoms with Crippen molar-refractivity contribution >= 4 is 66.7 Å². The molecular formula is C16H10Br2ClNO3. The van der Waals surface area contributed by atoms with E-state index < -0.39 is 0 Å². The summed E-state index contributed by atoms with van der Waals surface area (Å²) in [5.41, 5.74) is 2.66. The van der Waals surface area contributed by atoms with Crippen molar-refractivity contribution in [2.45, 2.75) is 0 Å². The van der Waals surface area contributed by atoms with Crippen LogP contribution in [0.1, 0.15) is 11.1 Å². The van der Waals surface area contributed by atoms with Crippen molar-refractivity contribution in [2.75, 3.05) is 12.4 Å². The van der Waals surface area contributed by atoms with E-state index in [-0.39, 0.29) is 22.4 Å². The van der Waals surface area contributed by atoms with Gasteiger partial charge in [-0.1, -0.05) is 27.5 Å². The zero-order valence-corrected chi connectivity index (χ0v) is 15.7. The fourth-order valence-electron chi connectivity index (χ4n) is 2.36. The summed E-state index contributed by atoms with van der Waals surface area (Å²) in [4.78, 5) is 12.3. The minimum absolute atomic E-state index is 0.127. The van der Waals surface area contributed by atoms with Gasteiger partial charge in [-0.3, -0.25) is 4.79 Å². The molecule has 2 aromatic rings. The molecule has 3 rings (SSSR count). The van der Waals surface area contributed by atoms with Crippen molar-refractivity contribution in [3.8, 4) is 11.5 Å². The molecule has 23 heavy (non-hydrogen) atoms. The number of methoxy groups -OCH3 is 1. The molecule has 0 saturated heterocycles. The minimum Gasteiger partial charge on any atom is -0.503 e. The molecule has 0 unspecified atom stereocenters. The summed E-state index contributed by atoms with van der Waals surface area (Å²) in [5, 5.41) is 12.8. The van der Waals surface area contributed by atoms with E-state index in [0.717, 1.165) is 20.2 Å². The smallest absolute Gasteiger partial charge is 0.256 e. The van der Waals surface area contributed by atoms with Gasteiger partial charge in [0.05, 0.1) is 17.8 Å². The first-order valence-electron chi connectivity index (χ1n) is 6.49. The minimum atomic E-state index is -0.207. The second-order valence-electron chi connectivity index (χ2n) is 4.88. The van der Waals surface area contributed by atoms with Gasteiger partial charge in [-0.05, 0) is 51.8 Å². The number of hydrogen-bond donors (Lipinski definition) is 2. The highest BCUT2D eigenvalue weighted by molar-refractivity contribution is 9.11. The van der Waals surface area contributed by atoms with Crippen LogP contribution in [0.4, 0.5) is 5.69 Å². The third kappa shape index (κ3) is 2.98. The zero-order valence-electron chi connectivity index (χ0n) is 11.8. The number of aromatic hydroxyl groups is 1. The Morgan fingerprint density at radius 3 is 2.70 bits per heavy atom. The maximum Gasteiger partial charge on any atom is 0.256 e. The molecule has 118 valence electrons. The van der Waals surface area contributed by atoms with Crippen LogP contribution in [0.2, 0.25) is 5.02 Å². The van der Waals surface area contributed by atoms with Crippen molar-refractivity contribution in [1.82, 2.24) is 0 Å². The molecular weight excluding hydrogens is 449 g/mol. The SMILES string of the molecule is COc1cc(C=C2C(=O)Nc3c(Br)cc(Br)cc32)cc(Cl)c1O. The lowest BCUT2D eigenvalue weighted by Gasteiger charge is -2.07. The van der Waals surface area contributed by atoms with E-state index in [1.54, 1.807) is 18.2 Å². The van der Waals surface area contributed by atoms with Gasteiger partial charge < -0.3 is 15.2 Å². The molecule has 0 saturated carbocycles. The maximum atomic E-state index is 12.3. The number of nitrogens with one attached hydrogen (secondary N) is 1. The highest BCUT2D eigenvalue weighted by Gasteiger charge is 2.26. The van der Waals surface area contributed by atoms with Crippen LogP contribution in [0.5, 0.6) is 11.5 Å². The highest BCUT2D eigenvalue weighted by atomic mass is 79.9. The molecule has 0 aromatic heterocycles. The van der Waals surface area contributed by atoms with E-state index in [4.69, 9.17) is 16.3 Å². The number of rotatable bonds is 2. The first-order chi connectivity index (χ1) is 10.9. The second kappa shape index (κ2) is 6.19. The van der Waals surface area contributed by atoms with Crippen molar-refractivity contribution < 1.29 is 14.6 Å². The highest BCUT2D eigenvalue weighted by Crippen LogP contribution is 2.41. The summed E-state index contributed by atoms with van der Waals surface area (Å²) in [6, 6.07) is 6.92. The van der Waals surface area contributed by atoms with Crippen LogP contribution in [-0.4, -0.2) is 18.1 Å². The van der Waals surface area contributed by atoms with Crippen molar-refractivity contribution in [1.29, 1.82) is 0 Å². The molecule has 0 radical (unpaired) electrons. The Morgan fingerprint density at radius 2 is 2.00 bits per heavy atom. The van der Waals surface area contributed by atoms with Gasteiger partial charge in [-0.15, -0.1) is 0 Å². The standard InChI is InChI=1S/C16H10Br2ClNO3/c1-23-13-4-7(3-12(19)15(13)21)2-10-9-5-8(17)6-11(18)14(9)20-16(10)22/h2-6,21H,1H3,(H,20,22). The molecule has 4 nitrogen and oxygen atoms in total. The number of fused-ring (bicyclic) bond motifs is 1. The maximum absolute atomic E-state index is 12.3. The second-order valence-corrected chi connectivity index (χ2v) is 7.05. The lowest BCUT2D eigenvalue weighted by molar-refractivity contribution is -0.110. The summed E-state index contributed by atoms with van der Waals surface area (Å²) in [7, 11) is 1.44. The summed E-state index contributed by atoms with van der Waals surface area (Å²) < 4.78 is 6.73. The molecule has 0 fully saturated rings. The number of ether oxygens (including phenoxy) is 1. The summed E-state index contributed by atoms with van der Waals surface area (Å²) in [6.07, 6.45) is 1.70. The Labute approximate surface area is 154 Å². The van der Waals surface area contributed by atoms with Gasteiger partial charge in [0.1, 0.15) is 0 Å². The predicted octanol–water partition coefficient (Wildman–Crippen LogP) is 5.07. The quantitative estimate of drug-likeness (QED) is 0.617. The Kier molecular flexibility index (Phi) is 4.40. The number of halogens is 3. The van der Waals surface area contributed by atoms with Crippen molar-refractivity contribution in [2.24, 2.45) is 0 Å². The van der Waals surface area contributed by atoms with Crippen LogP contribution in [0, 0.1) is 0 Å². The van der Waals surface area contributed by atoms with Crippen LogP contribution in [-0.2, 0) is 4.79 Å². The Morgan fingerprint density at radius 1 is 1.26 bits per heavy atom. The average molecular weight is 460 g/mol. The number of benzene rings is 2. The molecule has 2 N–H and O–H groups in total. The number of hydrogen-bond acceptors (Lipinski definition) is 3. The number of anilines is 1. The molecule has 1 aliphatic rings. The van der Waals surface area contributed by atoms with E-state index in [1.165, 1.54) is 7.11 Å². The van der Waals surface area contributed by atoms with Gasteiger partial charge >= 0.3 is 0 Å². The summed E-state index contributed by atoms with van der Waals surface area (Å²) in [6.45, 7) is 0. The van der Waals surface area contributed by atoms with E-state index in [2.05, 4.69) is 37.2 Å². The van der Waals surface area contributed by atoms with Gasteiger partial charge in [0.25, 0.3) is 5.91 Å². The van der Waals surface area contributed by atoms with Gasteiger partial charge in [0, 0.05) is 20.1 Å². The molecule has 0 atom stereocenters. The number of phenols is 1. The van der Waals surface area contributed by atoms with Crippen molar-refractivity contribution in [3.63, 3.8) is 0 Å². The Bertz CT molecular complexity index is 865. The number of amides is 1. The monoisotopic (exact) mass is 457 g/mol. The first kappa shape index (κ1) is 16.4. The molecule has 2 aromatic carbocycles. The predicted molar refractivity (Wildman–Crippen MR) is 98.0 cm³/mol.